The summed E-state index contributed by atoms with van der Waals surface area (Å²) < 4.78 is 0. The molecule has 0 N–H and O–H groups in total. The lowest BCUT2D eigenvalue weighted by Gasteiger charge is -2.04. The van der Waals surface area contributed by atoms with Crippen LogP contribution in [0.25, 0.3) is 0 Å². The number of rotatable bonds is 7. The molecule has 0 rings (SSSR count). The Morgan fingerprint density at radius 1 is 0.625 bits per heavy atom. The van der Waals surface area contributed by atoms with Crippen molar-refractivity contribution in [1.82, 2.24) is 10.2 Å². The van der Waals surface area contributed by atoms with Gasteiger partial charge < -0.3 is 0 Å². The van der Waals surface area contributed by atoms with Gasteiger partial charge in [-0.25, -0.2) is 40.5 Å². The Labute approximate surface area is 85.1 Å². The average molecular weight is 240 g/mol. The van der Waals surface area contributed by atoms with Crippen LogP contribution in [0.5, 0.6) is 0 Å². The number of nitro groups is 4. The SMILES string of the molecule is O=[N+]([O-])N(CCN([N+](=O)[O-])[N+](=O)[O-])[N+](=O)[O-]. The Balaban J connectivity index is 4.50. The summed E-state index contributed by atoms with van der Waals surface area (Å²) in [6.07, 6.45) is 0. The molecular formula is C2H4N6O8. The van der Waals surface area contributed by atoms with Crippen LogP contribution in [0.4, 0.5) is 0 Å². The standard InChI is InChI=1S/C2H4N6O8/c9-5(10)3(6(11)12)1-2-4(7(13)14)8(15)16/h1-2H2. The zero-order valence-corrected chi connectivity index (χ0v) is 7.36. The number of hydrogen-bond acceptors (Lipinski definition) is 8. The smallest absolute Gasteiger partial charge is 0.222 e. The van der Waals surface area contributed by atoms with Crippen LogP contribution in [0.1, 0.15) is 0 Å². The van der Waals surface area contributed by atoms with E-state index in [2.05, 4.69) is 0 Å². The van der Waals surface area contributed by atoms with Gasteiger partial charge in [0, 0.05) is 0 Å². The molecule has 0 radical (unpaired) electrons. The van der Waals surface area contributed by atoms with Crippen molar-refractivity contribution in [2.24, 2.45) is 0 Å². The van der Waals surface area contributed by atoms with Crippen molar-refractivity contribution in [1.29, 1.82) is 0 Å². The molecule has 0 saturated heterocycles. The van der Waals surface area contributed by atoms with E-state index in [-0.39, 0.29) is 0 Å². The molecule has 0 fully saturated rings. The summed E-state index contributed by atoms with van der Waals surface area (Å²) >= 11 is 0. The van der Waals surface area contributed by atoms with Crippen molar-refractivity contribution in [3.05, 3.63) is 40.5 Å². The quantitative estimate of drug-likeness (QED) is 0.369. The Hall–Kier alpha value is -2.80. The lowest BCUT2D eigenvalue weighted by Crippen LogP contribution is -2.45. The first kappa shape index (κ1) is 13.2. The Morgan fingerprint density at radius 2 is 0.812 bits per heavy atom. The maximum absolute atomic E-state index is 10.0. The van der Waals surface area contributed by atoms with Gasteiger partial charge in [0.05, 0.1) is 0 Å². The summed E-state index contributed by atoms with van der Waals surface area (Å²) in [7, 11) is 0. The van der Waals surface area contributed by atoms with E-state index >= 15 is 0 Å². The molecular weight excluding hydrogens is 236 g/mol. The molecule has 16 heavy (non-hydrogen) atoms. The first-order chi connectivity index (χ1) is 7.27. The van der Waals surface area contributed by atoms with E-state index in [9.17, 15) is 40.5 Å². The summed E-state index contributed by atoms with van der Waals surface area (Å²) in [5.41, 5.74) is 0. The molecule has 0 aliphatic heterocycles. The van der Waals surface area contributed by atoms with Crippen molar-refractivity contribution >= 4 is 0 Å². The molecule has 14 nitrogen and oxygen atoms in total. The highest BCUT2D eigenvalue weighted by molar-refractivity contribution is 4.35. The van der Waals surface area contributed by atoms with Gasteiger partial charge in [-0.3, -0.25) is 0 Å². The summed E-state index contributed by atoms with van der Waals surface area (Å²) in [4.78, 5) is 40.1. The Morgan fingerprint density at radius 3 is 0.938 bits per heavy atom. The van der Waals surface area contributed by atoms with Crippen LogP contribution in [0.3, 0.4) is 0 Å². The third-order valence-corrected chi connectivity index (χ3v) is 1.25. The van der Waals surface area contributed by atoms with Gasteiger partial charge in [0.2, 0.25) is 20.1 Å². The molecule has 0 aromatic carbocycles. The first-order valence-electron chi connectivity index (χ1n) is 3.39. The summed E-state index contributed by atoms with van der Waals surface area (Å²) in [5.74, 6) is 0. The van der Waals surface area contributed by atoms with Gasteiger partial charge in [0.1, 0.15) is 0 Å². The topological polar surface area (TPSA) is 179 Å². The van der Waals surface area contributed by atoms with Gasteiger partial charge in [-0.2, -0.15) is 0 Å². The van der Waals surface area contributed by atoms with Gasteiger partial charge in [0.15, 0.2) is 23.3 Å². The average Bonchev–Trinajstić information content (AvgIpc) is 2.09. The molecule has 0 aliphatic carbocycles. The van der Waals surface area contributed by atoms with Crippen LogP contribution in [0.15, 0.2) is 0 Å². The molecule has 0 aromatic rings. The maximum atomic E-state index is 10.0. The van der Waals surface area contributed by atoms with E-state index in [1.807, 2.05) is 0 Å². The molecule has 90 valence electrons. The predicted molar refractivity (Wildman–Crippen MR) is 41.4 cm³/mol. The normalized spacial score (nSPS) is 9.25. The summed E-state index contributed by atoms with van der Waals surface area (Å²) in [5, 5.41) is 33.1. The van der Waals surface area contributed by atoms with E-state index < -0.39 is 43.5 Å². The van der Waals surface area contributed by atoms with Gasteiger partial charge in [-0.15, -0.1) is 0 Å². The molecule has 0 aromatic heterocycles. The largest absolute Gasteiger partial charge is 0.230 e. The van der Waals surface area contributed by atoms with Gasteiger partial charge in [0.25, 0.3) is 0 Å². The van der Waals surface area contributed by atoms with Gasteiger partial charge in [-0.05, 0) is 0 Å². The highest BCUT2D eigenvalue weighted by Gasteiger charge is 2.35. The van der Waals surface area contributed by atoms with E-state index in [1.165, 1.54) is 0 Å². The number of hydrogen-bond donors (Lipinski definition) is 0. The highest BCUT2D eigenvalue weighted by atomic mass is 16.8. The zero-order valence-electron chi connectivity index (χ0n) is 7.36. The molecule has 0 aliphatic rings. The predicted octanol–water partition coefficient (Wildman–Crippen LogP) is -1.64. The second-order valence-electron chi connectivity index (χ2n) is 2.14. The van der Waals surface area contributed by atoms with Crippen molar-refractivity contribution < 1.29 is 20.1 Å². The minimum Gasteiger partial charge on any atom is -0.230 e. The molecule has 0 amide bonds. The van der Waals surface area contributed by atoms with E-state index in [4.69, 9.17) is 0 Å². The van der Waals surface area contributed by atoms with Crippen molar-refractivity contribution in [3.8, 4) is 0 Å². The van der Waals surface area contributed by atoms with Crippen molar-refractivity contribution in [2.45, 2.75) is 0 Å². The second kappa shape index (κ2) is 5.17. The lowest BCUT2D eigenvalue weighted by molar-refractivity contribution is -0.925. The molecule has 0 saturated carbocycles. The third kappa shape index (κ3) is 3.52. The zero-order chi connectivity index (χ0) is 12.9. The van der Waals surface area contributed by atoms with Gasteiger partial charge in [-0.1, -0.05) is 0 Å². The molecule has 0 bridgehead atoms. The van der Waals surface area contributed by atoms with E-state index in [0.717, 1.165) is 0 Å². The molecule has 0 unspecified atom stereocenters. The molecule has 0 atom stereocenters. The third-order valence-electron chi connectivity index (χ3n) is 1.25. The molecule has 0 heterocycles. The fourth-order valence-electron chi connectivity index (χ4n) is 0.625. The highest BCUT2D eigenvalue weighted by Crippen LogP contribution is 1.94. The fourth-order valence-corrected chi connectivity index (χ4v) is 0.625. The second-order valence-corrected chi connectivity index (χ2v) is 2.14. The first-order valence-corrected chi connectivity index (χ1v) is 3.39. The van der Waals surface area contributed by atoms with Crippen molar-refractivity contribution in [3.63, 3.8) is 0 Å². The monoisotopic (exact) mass is 240 g/mol. The summed E-state index contributed by atoms with van der Waals surface area (Å²) in [6, 6.07) is 0. The summed E-state index contributed by atoms with van der Waals surface area (Å²) in [6.45, 7) is -2.22. The minimum absolute atomic E-state index is 0.597. The fraction of sp³-hybridized carbons (Fsp3) is 1.00. The molecule has 14 heteroatoms. The van der Waals surface area contributed by atoms with Crippen molar-refractivity contribution in [2.75, 3.05) is 13.1 Å². The maximum Gasteiger partial charge on any atom is 0.222 e. The van der Waals surface area contributed by atoms with Crippen LogP contribution in [-0.2, 0) is 0 Å². The number of hydrazine groups is 4. The van der Waals surface area contributed by atoms with E-state index in [1.54, 1.807) is 0 Å². The van der Waals surface area contributed by atoms with Crippen LogP contribution in [0.2, 0.25) is 0 Å². The lowest BCUT2D eigenvalue weighted by atomic mass is 10.6. The van der Waals surface area contributed by atoms with Crippen LogP contribution in [-0.4, -0.2) is 43.5 Å². The van der Waals surface area contributed by atoms with Gasteiger partial charge >= 0.3 is 0 Å². The minimum atomic E-state index is -1.45. The van der Waals surface area contributed by atoms with Crippen LogP contribution in [0, 0.1) is 40.5 Å². The number of nitrogens with zero attached hydrogens (tertiary/aromatic N) is 6. The van der Waals surface area contributed by atoms with Crippen LogP contribution < -0.4 is 0 Å². The molecule has 0 spiro atoms. The Bertz CT molecular complexity index is 266. The Kier molecular flexibility index (Phi) is 4.27. The van der Waals surface area contributed by atoms with Crippen LogP contribution >= 0.6 is 0 Å². The van der Waals surface area contributed by atoms with E-state index in [0.29, 0.717) is 0 Å².